The second kappa shape index (κ2) is 6.25. The summed E-state index contributed by atoms with van der Waals surface area (Å²) < 4.78 is 0. The lowest BCUT2D eigenvalue weighted by Crippen LogP contribution is -2.42. The summed E-state index contributed by atoms with van der Waals surface area (Å²) in [5.41, 5.74) is 0.725. The van der Waals surface area contributed by atoms with Gasteiger partial charge in [-0.2, -0.15) is 0 Å². The van der Waals surface area contributed by atoms with Crippen molar-refractivity contribution in [1.82, 2.24) is 4.90 Å². The summed E-state index contributed by atoms with van der Waals surface area (Å²) in [4.78, 5) is 15.2. The monoisotopic (exact) mass is 265 g/mol. The molecule has 0 spiro atoms. The van der Waals surface area contributed by atoms with E-state index in [2.05, 4.69) is 6.92 Å². The second-order valence-electron chi connectivity index (χ2n) is 4.51. The van der Waals surface area contributed by atoms with Crippen LogP contribution in [0.3, 0.4) is 0 Å². The van der Waals surface area contributed by atoms with Crippen molar-refractivity contribution in [2.24, 2.45) is 0 Å². The van der Waals surface area contributed by atoms with Crippen LogP contribution in [0.4, 0.5) is 0 Å². The minimum atomic E-state index is -0.365. The Morgan fingerprint density at radius 1 is 1.56 bits per heavy atom. The van der Waals surface area contributed by atoms with Gasteiger partial charge in [0.1, 0.15) is 0 Å². The van der Waals surface area contributed by atoms with E-state index < -0.39 is 0 Å². The molecule has 1 unspecified atom stereocenters. The van der Waals surface area contributed by atoms with Crippen molar-refractivity contribution in [2.75, 3.05) is 18.8 Å². The van der Waals surface area contributed by atoms with Crippen molar-refractivity contribution >= 4 is 17.7 Å². The van der Waals surface area contributed by atoms with E-state index in [0.29, 0.717) is 6.54 Å². The van der Waals surface area contributed by atoms with Crippen molar-refractivity contribution in [3.8, 4) is 0 Å². The summed E-state index contributed by atoms with van der Waals surface area (Å²) in [7, 11) is 0. The van der Waals surface area contributed by atoms with Gasteiger partial charge in [0.25, 0.3) is 5.91 Å². The number of piperidine rings is 1. The standard InChI is InChI=1S/C14H19NO2S/c1-2-18-13-7-3-5-11(9-13)14(17)15-8-4-6-12(16)10-15/h3,5,7,9,12,16H,2,4,6,8,10H2,1H3. The second-order valence-corrected chi connectivity index (χ2v) is 5.85. The third-order valence-electron chi connectivity index (χ3n) is 3.08. The number of aliphatic hydroxyl groups excluding tert-OH is 1. The maximum Gasteiger partial charge on any atom is 0.253 e. The van der Waals surface area contributed by atoms with Crippen LogP contribution in [0.2, 0.25) is 0 Å². The van der Waals surface area contributed by atoms with E-state index in [4.69, 9.17) is 0 Å². The Kier molecular flexibility index (Phi) is 4.66. The molecule has 0 radical (unpaired) electrons. The van der Waals surface area contributed by atoms with Gasteiger partial charge in [-0.1, -0.05) is 13.0 Å². The number of carbonyl (C=O) groups excluding carboxylic acids is 1. The molecule has 1 aliphatic rings. The molecule has 1 N–H and O–H groups in total. The van der Waals surface area contributed by atoms with Gasteiger partial charge < -0.3 is 10.0 Å². The Labute approximate surface area is 112 Å². The van der Waals surface area contributed by atoms with E-state index in [1.807, 2.05) is 24.3 Å². The van der Waals surface area contributed by atoms with Gasteiger partial charge >= 0.3 is 0 Å². The summed E-state index contributed by atoms with van der Waals surface area (Å²) in [5, 5.41) is 9.62. The molecule has 0 bridgehead atoms. The van der Waals surface area contributed by atoms with Gasteiger partial charge in [-0.05, 0) is 36.8 Å². The predicted molar refractivity (Wildman–Crippen MR) is 74.0 cm³/mol. The highest BCUT2D eigenvalue weighted by Gasteiger charge is 2.22. The van der Waals surface area contributed by atoms with Gasteiger partial charge in [0, 0.05) is 23.5 Å². The molecule has 2 rings (SSSR count). The van der Waals surface area contributed by atoms with Gasteiger partial charge in [-0.3, -0.25) is 4.79 Å². The quantitative estimate of drug-likeness (QED) is 0.853. The molecule has 1 atom stereocenters. The lowest BCUT2D eigenvalue weighted by molar-refractivity contribution is 0.0473. The zero-order chi connectivity index (χ0) is 13.0. The van der Waals surface area contributed by atoms with Gasteiger partial charge in [-0.25, -0.2) is 0 Å². The molecule has 4 heteroatoms. The zero-order valence-corrected chi connectivity index (χ0v) is 11.4. The van der Waals surface area contributed by atoms with Crippen LogP contribution in [-0.2, 0) is 0 Å². The molecule has 1 heterocycles. The highest BCUT2D eigenvalue weighted by molar-refractivity contribution is 7.99. The average molecular weight is 265 g/mol. The highest BCUT2D eigenvalue weighted by Crippen LogP contribution is 2.20. The molecular formula is C14H19NO2S. The van der Waals surface area contributed by atoms with Gasteiger partial charge in [0.2, 0.25) is 0 Å². The number of likely N-dealkylation sites (tertiary alicyclic amines) is 1. The van der Waals surface area contributed by atoms with Gasteiger partial charge in [0.05, 0.1) is 6.10 Å². The maximum atomic E-state index is 12.3. The Balaban J connectivity index is 2.10. The minimum Gasteiger partial charge on any atom is -0.391 e. The van der Waals surface area contributed by atoms with Crippen LogP contribution >= 0.6 is 11.8 Å². The molecule has 1 aromatic rings. The van der Waals surface area contributed by atoms with Gasteiger partial charge in [-0.15, -0.1) is 11.8 Å². The summed E-state index contributed by atoms with van der Waals surface area (Å²) in [6.45, 7) is 3.31. The molecule has 1 amide bonds. The number of hydrogen-bond donors (Lipinski definition) is 1. The number of rotatable bonds is 3. The molecule has 1 fully saturated rings. The number of nitrogens with zero attached hydrogens (tertiary/aromatic N) is 1. The predicted octanol–water partition coefficient (Wildman–Crippen LogP) is 2.40. The first-order valence-corrected chi connectivity index (χ1v) is 7.39. The average Bonchev–Trinajstić information content (AvgIpc) is 2.39. The first-order chi connectivity index (χ1) is 8.70. The molecule has 1 saturated heterocycles. The Bertz CT molecular complexity index is 422. The number of aliphatic hydroxyl groups is 1. The van der Waals surface area contributed by atoms with Crippen LogP contribution in [0.1, 0.15) is 30.1 Å². The topological polar surface area (TPSA) is 40.5 Å². The Morgan fingerprint density at radius 2 is 2.39 bits per heavy atom. The van der Waals surface area contributed by atoms with Crippen molar-refractivity contribution in [1.29, 1.82) is 0 Å². The van der Waals surface area contributed by atoms with E-state index in [-0.39, 0.29) is 12.0 Å². The molecule has 1 aliphatic heterocycles. The molecule has 3 nitrogen and oxygen atoms in total. The fourth-order valence-corrected chi connectivity index (χ4v) is 2.93. The third kappa shape index (κ3) is 3.27. The first-order valence-electron chi connectivity index (χ1n) is 6.41. The number of benzene rings is 1. The summed E-state index contributed by atoms with van der Waals surface area (Å²) in [6.07, 6.45) is 1.32. The molecule has 0 saturated carbocycles. The summed E-state index contributed by atoms with van der Waals surface area (Å²) in [5.74, 6) is 1.03. The van der Waals surface area contributed by atoms with E-state index in [1.165, 1.54) is 0 Å². The van der Waals surface area contributed by atoms with Crippen molar-refractivity contribution in [2.45, 2.75) is 30.8 Å². The number of carbonyl (C=O) groups is 1. The Hall–Kier alpha value is -1.00. The number of β-amino-alcohol motifs (C(OH)–C–C–N with tert-alkyl or cyclic N) is 1. The molecule has 0 aromatic heterocycles. The fourth-order valence-electron chi connectivity index (χ4n) is 2.21. The van der Waals surface area contributed by atoms with Crippen molar-refractivity contribution in [3.05, 3.63) is 29.8 Å². The van der Waals surface area contributed by atoms with Crippen LogP contribution in [0.15, 0.2) is 29.2 Å². The minimum absolute atomic E-state index is 0.0345. The summed E-state index contributed by atoms with van der Waals surface area (Å²) in [6, 6.07) is 7.74. The van der Waals surface area contributed by atoms with Crippen LogP contribution in [0.5, 0.6) is 0 Å². The van der Waals surface area contributed by atoms with E-state index >= 15 is 0 Å². The lowest BCUT2D eigenvalue weighted by atomic mass is 10.1. The lowest BCUT2D eigenvalue weighted by Gasteiger charge is -2.30. The largest absolute Gasteiger partial charge is 0.391 e. The van der Waals surface area contributed by atoms with Crippen molar-refractivity contribution < 1.29 is 9.90 Å². The van der Waals surface area contributed by atoms with Crippen molar-refractivity contribution in [3.63, 3.8) is 0 Å². The fraction of sp³-hybridized carbons (Fsp3) is 0.500. The SMILES string of the molecule is CCSc1cccc(C(=O)N2CCCC(O)C2)c1. The third-order valence-corrected chi connectivity index (χ3v) is 3.95. The highest BCUT2D eigenvalue weighted by atomic mass is 32.2. The number of hydrogen-bond acceptors (Lipinski definition) is 3. The van der Waals surface area contributed by atoms with Crippen LogP contribution in [-0.4, -0.2) is 40.9 Å². The zero-order valence-electron chi connectivity index (χ0n) is 10.6. The number of thioether (sulfide) groups is 1. The molecular weight excluding hydrogens is 246 g/mol. The van der Waals surface area contributed by atoms with E-state index in [9.17, 15) is 9.90 Å². The summed E-state index contributed by atoms with van der Waals surface area (Å²) >= 11 is 1.73. The number of amides is 1. The molecule has 0 aliphatic carbocycles. The van der Waals surface area contributed by atoms with Crippen LogP contribution in [0, 0.1) is 0 Å². The van der Waals surface area contributed by atoms with E-state index in [1.54, 1.807) is 16.7 Å². The van der Waals surface area contributed by atoms with Gasteiger partial charge in [0.15, 0.2) is 0 Å². The van der Waals surface area contributed by atoms with Crippen LogP contribution in [0.25, 0.3) is 0 Å². The first kappa shape index (κ1) is 13.4. The Morgan fingerprint density at radius 3 is 3.11 bits per heavy atom. The van der Waals surface area contributed by atoms with E-state index in [0.717, 1.165) is 35.6 Å². The maximum absolute atomic E-state index is 12.3. The normalized spacial score (nSPS) is 19.9. The molecule has 98 valence electrons. The van der Waals surface area contributed by atoms with Crippen LogP contribution < -0.4 is 0 Å². The smallest absolute Gasteiger partial charge is 0.253 e. The molecule has 18 heavy (non-hydrogen) atoms. The molecule has 1 aromatic carbocycles.